The van der Waals surface area contributed by atoms with E-state index in [4.69, 9.17) is 13.8 Å². The summed E-state index contributed by atoms with van der Waals surface area (Å²) in [4.78, 5) is 37.5. The molecule has 0 saturated heterocycles. The monoisotopic (exact) mass is 952 g/mol. The van der Waals surface area contributed by atoms with Crippen LogP contribution >= 0.6 is 7.82 Å². The maximum absolute atomic E-state index is 13.4. The fourth-order valence-corrected chi connectivity index (χ4v) is 8.65. The number of likely N-dealkylation sites (N-methyl/N-ethyl adjacent to an activating group) is 1. The summed E-state index contributed by atoms with van der Waals surface area (Å²) in [6.07, 6.45) is 54.2. The third kappa shape index (κ3) is 47.3. The number of phosphoric acid groups is 1. The van der Waals surface area contributed by atoms with Crippen molar-refractivity contribution in [1.82, 2.24) is 5.32 Å². The van der Waals surface area contributed by atoms with Gasteiger partial charge in [0.05, 0.1) is 33.8 Å². The highest BCUT2D eigenvalue weighted by molar-refractivity contribution is 7.47. The number of unbranched alkanes of at least 4 members (excludes halogenated alkanes) is 30. The van der Waals surface area contributed by atoms with Crippen molar-refractivity contribution >= 4 is 19.7 Å². The molecule has 0 aromatic heterocycles. The molecule has 0 rings (SSSR count). The molecule has 9 nitrogen and oxygen atoms in total. The molecule has 0 bridgehead atoms. The van der Waals surface area contributed by atoms with Crippen LogP contribution in [0.5, 0.6) is 0 Å². The Labute approximate surface area is 408 Å². The molecule has 0 spiro atoms. The molecule has 0 aliphatic rings. The fraction of sp³-hybridized carbons (Fsp3) is 0.857. The van der Waals surface area contributed by atoms with Crippen LogP contribution in [0.3, 0.4) is 0 Å². The van der Waals surface area contributed by atoms with Gasteiger partial charge < -0.3 is 19.4 Å². The van der Waals surface area contributed by atoms with E-state index in [1.807, 2.05) is 33.3 Å². The van der Waals surface area contributed by atoms with Gasteiger partial charge in [-0.25, -0.2) is 4.57 Å². The van der Waals surface area contributed by atoms with Gasteiger partial charge in [-0.15, -0.1) is 0 Å². The number of hydrogen-bond donors (Lipinski definition) is 2. The lowest BCUT2D eigenvalue weighted by atomic mass is 10.0. The Hall–Kier alpha value is -1.77. The van der Waals surface area contributed by atoms with Gasteiger partial charge in [-0.3, -0.25) is 18.6 Å². The van der Waals surface area contributed by atoms with Crippen LogP contribution in [0.25, 0.3) is 0 Å². The summed E-state index contributed by atoms with van der Waals surface area (Å²) in [5.41, 5.74) is 0. The molecule has 0 aliphatic heterocycles. The van der Waals surface area contributed by atoms with Crippen LogP contribution in [-0.2, 0) is 27.9 Å². The van der Waals surface area contributed by atoms with Crippen LogP contribution in [-0.4, -0.2) is 74.3 Å². The molecule has 10 heteroatoms. The Bertz CT molecular complexity index is 1230. The molecule has 66 heavy (non-hydrogen) atoms. The smallest absolute Gasteiger partial charge is 0.456 e. The number of rotatable bonds is 50. The number of nitrogens with zero attached hydrogens (tertiary/aromatic N) is 1. The number of carbonyl (C=O) groups excluding carboxylic acids is 2. The van der Waals surface area contributed by atoms with Crippen molar-refractivity contribution < 1.29 is 37.3 Å². The number of hydrogen-bond acceptors (Lipinski definition) is 6. The van der Waals surface area contributed by atoms with Crippen LogP contribution in [0.2, 0.25) is 0 Å². The number of ether oxygens (including phenoxy) is 1. The minimum Gasteiger partial charge on any atom is -0.456 e. The van der Waals surface area contributed by atoms with Crippen LogP contribution in [0.4, 0.5) is 0 Å². The lowest BCUT2D eigenvalue weighted by Crippen LogP contribution is -2.47. The Morgan fingerprint density at radius 2 is 0.894 bits per heavy atom. The zero-order valence-electron chi connectivity index (χ0n) is 44.2. The van der Waals surface area contributed by atoms with Gasteiger partial charge in [-0.1, -0.05) is 205 Å². The molecule has 388 valence electrons. The van der Waals surface area contributed by atoms with Crippen molar-refractivity contribution in [2.75, 3.05) is 40.9 Å². The second-order valence-electron chi connectivity index (χ2n) is 20.1. The summed E-state index contributed by atoms with van der Waals surface area (Å²) in [6, 6.07) is -0.849. The molecule has 0 saturated carbocycles. The first-order chi connectivity index (χ1) is 31.9. The molecular formula is C56H108N2O7P+. The van der Waals surface area contributed by atoms with Crippen molar-refractivity contribution in [3.8, 4) is 0 Å². The van der Waals surface area contributed by atoms with E-state index in [0.29, 0.717) is 17.4 Å². The third-order valence-corrected chi connectivity index (χ3v) is 13.3. The van der Waals surface area contributed by atoms with Crippen LogP contribution in [0, 0.1) is 0 Å². The molecule has 0 radical (unpaired) electrons. The maximum atomic E-state index is 13.4. The standard InChI is InChI=1S/C56H107N2O7P/c1-7-10-13-16-19-22-25-27-28-29-30-31-34-37-40-43-46-49-56(60)65-54(47-44-41-38-35-33-26-23-20-17-14-11-8-2)53(52-64-66(61,62)63-51-50-58(4,5)6)57-55(59)48-45-42-39-36-32-24-21-18-15-12-9-3/h18,21,27-28,44,47,53-54H,7-17,19-20,22-26,29-43,45-46,48-52H2,1-6H3,(H-,57,59,61,62)/p+1/b21-18-,28-27+,47-44-. The Kier molecular flexibility index (Phi) is 45.7. The number of phosphoric ester groups is 1. The molecule has 0 aromatic carbocycles. The summed E-state index contributed by atoms with van der Waals surface area (Å²) >= 11 is 0. The van der Waals surface area contributed by atoms with Gasteiger partial charge in [0.1, 0.15) is 19.3 Å². The average Bonchev–Trinajstić information content (AvgIpc) is 3.27. The predicted molar refractivity (Wildman–Crippen MR) is 282 cm³/mol. The molecule has 0 heterocycles. The van der Waals surface area contributed by atoms with Gasteiger partial charge in [0, 0.05) is 12.8 Å². The number of nitrogens with one attached hydrogen (secondary N) is 1. The quantitative estimate of drug-likeness (QED) is 0.0205. The van der Waals surface area contributed by atoms with E-state index in [1.54, 1.807) is 0 Å². The topological polar surface area (TPSA) is 111 Å². The summed E-state index contributed by atoms with van der Waals surface area (Å²) < 4.78 is 30.5. The summed E-state index contributed by atoms with van der Waals surface area (Å²) in [5, 5.41) is 3.03. The molecular weight excluding hydrogens is 844 g/mol. The van der Waals surface area contributed by atoms with E-state index < -0.39 is 20.0 Å². The first-order valence-corrected chi connectivity index (χ1v) is 29.3. The van der Waals surface area contributed by atoms with Crippen LogP contribution in [0.1, 0.15) is 258 Å². The van der Waals surface area contributed by atoms with E-state index in [0.717, 1.165) is 83.5 Å². The van der Waals surface area contributed by atoms with Gasteiger partial charge in [-0.2, -0.15) is 0 Å². The highest BCUT2D eigenvalue weighted by atomic mass is 31.2. The van der Waals surface area contributed by atoms with Crippen molar-refractivity contribution in [1.29, 1.82) is 0 Å². The Balaban J connectivity index is 5.34. The van der Waals surface area contributed by atoms with Crippen molar-refractivity contribution in [2.45, 2.75) is 270 Å². The van der Waals surface area contributed by atoms with Gasteiger partial charge in [-0.05, 0) is 76.7 Å². The van der Waals surface area contributed by atoms with Crippen molar-refractivity contribution in [2.24, 2.45) is 0 Å². The molecule has 3 unspecified atom stereocenters. The van der Waals surface area contributed by atoms with E-state index >= 15 is 0 Å². The second kappa shape index (κ2) is 46.9. The second-order valence-corrected chi connectivity index (χ2v) is 21.6. The minimum absolute atomic E-state index is 0.0390. The molecule has 1 amide bonds. The number of allylic oxidation sites excluding steroid dienone is 5. The first-order valence-electron chi connectivity index (χ1n) is 27.8. The third-order valence-electron chi connectivity index (χ3n) is 12.3. The number of carbonyl (C=O) groups is 2. The van der Waals surface area contributed by atoms with Crippen LogP contribution in [0.15, 0.2) is 36.5 Å². The van der Waals surface area contributed by atoms with E-state index in [1.165, 1.54) is 141 Å². The molecule has 2 N–H and O–H groups in total. The van der Waals surface area contributed by atoms with Crippen molar-refractivity contribution in [3.63, 3.8) is 0 Å². The Morgan fingerprint density at radius 1 is 0.515 bits per heavy atom. The molecule has 0 aliphatic carbocycles. The predicted octanol–water partition coefficient (Wildman–Crippen LogP) is 16.4. The van der Waals surface area contributed by atoms with Gasteiger partial charge in [0.15, 0.2) is 0 Å². The highest BCUT2D eigenvalue weighted by Crippen LogP contribution is 2.43. The first kappa shape index (κ1) is 64.2. The largest absolute Gasteiger partial charge is 0.472 e. The lowest BCUT2D eigenvalue weighted by molar-refractivity contribution is -0.870. The van der Waals surface area contributed by atoms with Crippen molar-refractivity contribution in [3.05, 3.63) is 36.5 Å². The molecule has 0 fully saturated rings. The normalized spacial score (nSPS) is 14.1. The number of amides is 1. The zero-order valence-corrected chi connectivity index (χ0v) is 45.1. The van der Waals surface area contributed by atoms with E-state index in [2.05, 4.69) is 50.4 Å². The van der Waals surface area contributed by atoms with Gasteiger partial charge in [0.2, 0.25) is 5.91 Å². The lowest BCUT2D eigenvalue weighted by Gasteiger charge is -2.27. The number of esters is 1. The van der Waals surface area contributed by atoms with Gasteiger partial charge in [0.25, 0.3) is 0 Å². The van der Waals surface area contributed by atoms with Gasteiger partial charge >= 0.3 is 13.8 Å². The SMILES string of the molecule is CCCC/C=C\CCCCCCCC(=O)NC(COP(=O)(O)OCC[N+](C)(C)C)C(/C=C\CCCCCCCCCCCC)OC(=O)CCCCCCCCC/C=C/CCCCCCCC. The minimum atomic E-state index is -4.44. The summed E-state index contributed by atoms with van der Waals surface area (Å²) in [6.45, 7) is 6.96. The maximum Gasteiger partial charge on any atom is 0.472 e. The number of quaternary nitrogens is 1. The Morgan fingerprint density at radius 3 is 1.33 bits per heavy atom. The fourth-order valence-electron chi connectivity index (χ4n) is 7.92. The molecule has 3 atom stereocenters. The molecule has 0 aromatic rings. The highest BCUT2D eigenvalue weighted by Gasteiger charge is 2.30. The summed E-state index contributed by atoms with van der Waals surface area (Å²) in [7, 11) is 1.49. The summed E-state index contributed by atoms with van der Waals surface area (Å²) in [5.74, 6) is -0.517. The van der Waals surface area contributed by atoms with E-state index in [-0.39, 0.29) is 31.5 Å². The van der Waals surface area contributed by atoms with Crippen LogP contribution < -0.4 is 5.32 Å². The zero-order chi connectivity index (χ0) is 48.7. The van der Waals surface area contributed by atoms with E-state index in [9.17, 15) is 19.0 Å². The average molecular weight is 952 g/mol.